The summed E-state index contributed by atoms with van der Waals surface area (Å²) in [5.74, 6) is -1.00. The summed E-state index contributed by atoms with van der Waals surface area (Å²) in [7, 11) is 0. The van der Waals surface area contributed by atoms with Crippen molar-refractivity contribution in [1.29, 1.82) is 0 Å². The minimum atomic E-state index is -0.825. The molecule has 0 heterocycles. The van der Waals surface area contributed by atoms with Gasteiger partial charge in [0.05, 0.1) is 0 Å². The van der Waals surface area contributed by atoms with Crippen LogP contribution in [0.4, 0.5) is 0 Å². The van der Waals surface area contributed by atoms with Crippen LogP contribution < -0.4 is 0 Å². The Morgan fingerprint density at radius 3 is 0.825 bits per heavy atom. The second-order valence-electron chi connectivity index (χ2n) is 21.6. The third kappa shape index (κ3) is 64.4. The molecule has 0 saturated carbocycles. The Morgan fingerprint density at radius 1 is 0.263 bits per heavy atom. The number of hydrogen-bond donors (Lipinski definition) is 0. The summed E-state index contributed by atoms with van der Waals surface area (Å²) < 4.78 is 16.8. The second-order valence-corrected chi connectivity index (χ2v) is 21.6. The number of ether oxygens (including phenoxy) is 3. The van der Waals surface area contributed by atoms with Crippen LogP contribution in [0.2, 0.25) is 0 Å². The number of hydrogen-bond acceptors (Lipinski definition) is 6. The highest BCUT2D eigenvalue weighted by Crippen LogP contribution is 2.16. The Balaban J connectivity index is 4.28. The maximum Gasteiger partial charge on any atom is 0.306 e. The molecule has 454 valence electrons. The summed E-state index contributed by atoms with van der Waals surface area (Å²) in [5.41, 5.74) is 0. The van der Waals surface area contributed by atoms with E-state index in [-0.39, 0.29) is 31.6 Å². The monoisotopic (exact) mass is 1110 g/mol. The van der Waals surface area contributed by atoms with Crippen molar-refractivity contribution in [2.24, 2.45) is 0 Å². The van der Waals surface area contributed by atoms with Crippen LogP contribution in [0.15, 0.2) is 134 Å². The molecule has 0 saturated heterocycles. The lowest BCUT2D eigenvalue weighted by atomic mass is 10.0. The lowest BCUT2D eigenvalue weighted by molar-refractivity contribution is -0.166. The van der Waals surface area contributed by atoms with Gasteiger partial charge in [0.2, 0.25) is 0 Å². The fourth-order valence-electron chi connectivity index (χ4n) is 8.99. The summed E-state index contributed by atoms with van der Waals surface area (Å²) in [6.45, 7) is 6.33. The Bertz CT molecular complexity index is 1700. The smallest absolute Gasteiger partial charge is 0.306 e. The molecule has 0 aliphatic rings. The number of rotatable bonds is 59. The van der Waals surface area contributed by atoms with Gasteiger partial charge in [0, 0.05) is 19.3 Å². The number of esters is 3. The predicted molar refractivity (Wildman–Crippen MR) is 348 cm³/mol. The first-order valence-electron chi connectivity index (χ1n) is 33.2. The van der Waals surface area contributed by atoms with E-state index in [1.807, 2.05) is 6.08 Å². The van der Waals surface area contributed by atoms with E-state index in [4.69, 9.17) is 14.2 Å². The zero-order valence-electron chi connectivity index (χ0n) is 52.0. The largest absolute Gasteiger partial charge is 0.462 e. The molecule has 0 spiro atoms. The molecule has 80 heavy (non-hydrogen) atoms. The van der Waals surface area contributed by atoms with Gasteiger partial charge in [0.1, 0.15) is 13.2 Å². The molecule has 0 aliphatic carbocycles. The zero-order chi connectivity index (χ0) is 57.8. The van der Waals surface area contributed by atoms with Crippen molar-refractivity contribution in [3.8, 4) is 0 Å². The van der Waals surface area contributed by atoms with Crippen LogP contribution in [0.3, 0.4) is 0 Å². The summed E-state index contributed by atoms with van der Waals surface area (Å²) in [5, 5.41) is 0. The highest BCUT2D eigenvalue weighted by molar-refractivity contribution is 5.71. The molecule has 1 atom stereocenters. The van der Waals surface area contributed by atoms with Crippen molar-refractivity contribution in [2.75, 3.05) is 13.2 Å². The molecular formula is C74H122O6. The van der Waals surface area contributed by atoms with Crippen molar-refractivity contribution in [3.63, 3.8) is 0 Å². The van der Waals surface area contributed by atoms with Gasteiger partial charge in [0.15, 0.2) is 6.10 Å². The van der Waals surface area contributed by atoms with E-state index >= 15 is 0 Å². The molecule has 0 amide bonds. The quantitative estimate of drug-likeness (QED) is 0.0261. The molecule has 1 unspecified atom stereocenters. The predicted octanol–water partition coefficient (Wildman–Crippen LogP) is 22.9. The molecule has 6 nitrogen and oxygen atoms in total. The van der Waals surface area contributed by atoms with Crippen LogP contribution in [0, 0.1) is 0 Å². The van der Waals surface area contributed by atoms with Crippen LogP contribution in [0.1, 0.15) is 297 Å². The molecule has 0 rings (SSSR count). The van der Waals surface area contributed by atoms with Gasteiger partial charge in [-0.1, -0.05) is 289 Å². The molecule has 0 bridgehead atoms. The number of allylic oxidation sites excluding steroid dienone is 22. The molecule has 0 N–H and O–H groups in total. The third-order valence-corrected chi connectivity index (χ3v) is 13.9. The number of carbonyl (C=O) groups is 3. The standard InChI is InChI=1S/C74H122O6/c1-4-7-10-13-16-19-22-25-27-29-31-32-33-34-35-36-37-38-39-40-41-42-44-45-47-49-52-55-58-61-64-67-73(76)79-70-71(69-78-72(75)66-63-60-57-54-51-24-21-18-15-12-9-6-3)80-74(77)68-65-62-59-56-53-50-48-46-43-30-28-26-23-20-17-14-11-8-5-2/h7-8,10-11,16-21,25-28,31-32,43,46,50,53,59,62,71H,4-6,9,12-15,22-24,29-30,33-42,44-45,47-49,51-52,54-58,60-61,63-70H2,1-3H3/b10-7-,11-8-,19-16-,20-17-,21-18-,27-25-,28-26-,32-31-,46-43-,53-50-,62-59-. The van der Waals surface area contributed by atoms with Crippen molar-refractivity contribution in [3.05, 3.63) is 134 Å². The first-order valence-corrected chi connectivity index (χ1v) is 33.2. The summed E-state index contributed by atoms with van der Waals surface area (Å²) in [6, 6.07) is 0. The molecule has 0 aliphatic heterocycles. The zero-order valence-corrected chi connectivity index (χ0v) is 52.0. The minimum absolute atomic E-state index is 0.112. The average Bonchev–Trinajstić information content (AvgIpc) is 3.46. The Labute approximate surface area is 494 Å². The highest BCUT2D eigenvalue weighted by atomic mass is 16.6. The van der Waals surface area contributed by atoms with Crippen LogP contribution in [0.25, 0.3) is 0 Å². The molecule has 0 aromatic heterocycles. The van der Waals surface area contributed by atoms with Crippen LogP contribution >= 0.6 is 0 Å². The van der Waals surface area contributed by atoms with E-state index in [0.717, 1.165) is 116 Å². The molecular weight excluding hydrogens is 985 g/mol. The van der Waals surface area contributed by atoms with E-state index in [2.05, 4.69) is 148 Å². The summed E-state index contributed by atoms with van der Waals surface area (Å²) in [6.07, 6.45) is 94.9. The summed E-state index contributed by atoms with van der Waals surface area (Å²) in [4.78, 5) is 38.3. The molecule has 0 fully saturated rings. The van der Waals surface area contributed by atoms with Crippen LogP contribution in [-0.2, 0) is 28.6 Å². The molecule has 0 radical (unpaired) electrons. The Hall–Kier alpha value is -4.45. The van der Waals surface area contributed by atoms with Gasteiger partial charge in [0.25, 0.3) is 0 Å². The third-order valence-electron chi connectivity index (χ3n) is 13.9. The van der Waals surface area contributed by atoms with E-state index in [1.54, 1.807) is 0 Å². The molecule has 0 aromatic rings. The number of carbonyl (C=O) groups excluding carboxylic acids is 3. The van der Waals surface area contributed by atoms with Crippen LogP contribution in [-0.4, -0.2) is 37.2 Å². The van der Waals surface area contributed by atoms with Gasteiger partial charge in [-0.15, -0.1) is 0 Å². The fourth-order valence-corrected chi connectivity index (χ4v) is 8.99. The highest BCUT2D eigenvalue weighted by Gasteiger charge is 2.19. The van der Waals surface area contributed by atoms with Crippen molar-refractivity contribution in [1.82, 2.24) is 0 Å². The van der Waals surface area contributed by atoms with Gasteiger partial charge in [-0.05, 0) is 122 Å². The first kappa shape index (κ1) is 75.5. The minimum Gasteiger partial charge on any atom is -0.462 e. The number of unbranched alkanes of at least 4 members (excludes halogenated alkanes) is 26. The molecule has 6 heteroatoms. The van der Waals surface area contributed by atoms with Gasteiger partial charge >= 0.3 is 17.9 Å². The van der Waals surface area contributed by atoms with Gasteiger partial charge in [-0.25, -0.2) is 0 Å². The molecule has 0 aromatic carbocycles. The lowest BCUT2D eigenvalue weighted by Gasteiger charge is -2.18. The van der Waals surface area contributed by atoms with Gasteiger partial charge in [-0.2, -0.15) is 0 Å². The maximum atomic E-state index is 12.9. The second kappa shape index (κ2) is 67.1. The van der Waals surface area contributed by atoms with Crippen LogP contribution in [0.5, 0.6) is 0 Å². The van der Waals surface area contributed by atoms with Gasteiger partial charge < -0.3 is 14.2 Å². The van der Waals surface area contributed by atoms with E-state index in [1.165, 1.54) is 135 Å². The lowest BCUT2D eigenvalue weighted by Crippen LogP contribution is -2.30. The van der Waals surface area contributed by atoms with Gasteiger partial charge in [-0.3, -0.25) is 14.4 Å². The van der Waals surface area contributed by atoms with E-state index in [0.29, 0.717) is 19.3 Å². The van der Waals surface area contributed by atoms with Crippen molar-refractivity contribution < 1.29 is 28.6 Å². The Morgan fingerprint density at radius 2 is 0.512 bits per heavy atom. The first-order chi connectivity index (χ1) is 39.5. The van der Waals surface area contributed by atoms with E-state index in [9.17, 15) is 14.4 Å². The fraction of sp³-hybridized carbons (Fsp3) is 0.662. The van der Waals surface area contributed by atoms with Crippen molar-refractivity contribution in [2.45, 2.75) is 303 Å². The van der Waals surface area contributed by atoms with E-state index < -0.39 is 12.1 Å². The van der Waals surface area contributed by atoms with Crippen molar-refractivity contribution >= 4 is 17.9 Å². The topological polar surface area (TPSA) is 78.9 Å². The maximum absolute atomic E-state index is 12.9. The average molecular weight is 1110 g/mol. The summed E-state index contributed by atoms with van der Waals surface area (Å²) >= 11 is 0. The normalized spacial score (nSPS) is 13.0. The SMILES string of the molecule is CC/C=C\C/C=C\C/C=C\C/C=C\C/C=C\C/C=C\CCC(=O)OC(COC(=O)CCCCCCC/C=C\CCCCC)COC(=O)CCCCCCCCCCCCCCCCCCCC/C=C\C/C=C\C/C=C\C/C=C\CC. The Kier molecular flexibility index (Phi) is 63.3.